The van der Waals surface area contributed by atoms with Gasteiger partial charge in [-0.05, 0) is 18.4 Å². The summed E-state index contributed by atoms with van der Waals surface area (Å²) in [5.41, 5.74) is 1.08. The highest BCUT2D eigenvalue weighted by Crippen LogP contribution is 2.23. The van der Waals surface area contributed by atoms with Crippen LogP contribution in [0, 0.1) is 5.92 Å². The van der Waals surface area contributed by atoms with E-state index < -0.39 is 0 Å². The van der Waals surface area contributed by atoms with Crippen molar-refractivity contribution in [2.75, 3.05) is 6.61 Å². The maximum Gasteiger partial charge on any atom is 0.315 e. The largest absolute Gasteiger partial charge is 0.396 e. The number of carbonyl (C=O) groups is 1. The van der Waals surface area contributed by atoms with Crippen LogP contribution in [0.15, 0.2) is 30.3 Å². The number of carbonyl (C=O) groups excluding carboxylic acids is 1. The number of aliphatic hydroxyl groups is 1. The fourth-order valence-electron chi connectivity index (χ4n) is 2.61. The highest BCUT2D eigenvalue weighted by Gasteiger charge is 2.25. The molecule has 0 spiro atoms. The van der Waals surface area contributed by atoms with E-state index in [1.165, 1.54) is 0 Å². The maximum atomic E-state index is 11.8. The van der Waals surface area contributed by atoms with Gasteiger partial charge in [-0.15, -0.1) is 0 Å². The van der Waals surface area contributed by atoms with E-state index in [1.807, 2.05) is 30.3 Å². The molecular weight excluding hydrogens is 240 g/mol. The van der Waals surface area contributed by atoms with Gasteiger partial charge in [-0.1, -0.05) is 43.2 Å². The van der Waals surface area contributed by atoms with Gasteiger partial charge in [-0.2, -0.15) is 0 Å². The lowest BCUT2D eigenvalue weighted by molar-refractivity contribution is 0.153. The zero-order valence-corrected chi connectivity index (χ0v) is 11.1. The average Bonchev–Trinajstić information content (AvgIpc) is 2.47. The van der Waals surface area contributed by atoms with E-state index in [0.717, 1.165) is 31.2 Å². The third-order valence-corrected chi connectivity index (χ3v) is 3.76. The Bertz CT molecular complexity index is 394. The van der Waals surface area contributed by atoms with Gasteiger partial charge < -0.3 is 15.7 Å². The summed E-state index contributed by atoms with van der Waals surface area (Å²) in [7, 11) is 0. The predicted octanol–water partition coefficient (Wildman–Crippen LogP) is 2.04. The van der Waals surface area contributed by atoms with Crippen LogP contribution in [0.4, 0.5) is 4.79 Å². The molecule has 0 aliphatic heterocycles. The van der Waals surface area contributed by atoms with Gasteiger partial charge in [0.25, 0.3) is 0 Å². The molecule has 4 heteroatoms. The first-order valence-electron chi connectivity index (χ1n) is 6.98. The van der Waals surface area contributed by atoms with Gasteiger partial charge in [0.05, 0.1) is 0 Å². The summed E-state index contributed by atoms with van der Waals surface area (Å²) in [5, 5.41) is 15.1. The van der Waals surface area contributed by atoms with Crippen molar-refractivity contribution in [3.63, 3.8) is 0 Å². The molecule has 0 aromatic heterocycles. The maximum absolute atomic E-state index is 11.8. The van der Waals surface area contributed by atoms with Crippen molar-refractivity contribution in [2.45, 2.75) is 38.3 Å². The molecule has 0 bridgehead atoms. The van der Waals surface area contributed by atoms with E-state index in [4.69, 9.17) is 0 Å². The highest BCUT2D eigenvalue weighted by atomic mass is 16.3. The van der Waals surface area contributed by atoms with Gasteiger partial charge in [0.2, 0.25) is 0 Å². The van der Waals surface area contributed by atoms with Crippen molar-refractivity contribution in [1.29, 1.82) is 0 Å². The van der Waals surface area contributed by atoms with Crippen LogP contribution < -0.4 is 10.6 Å². The summed E-state index contributed by atoms with van der Waals surface area (Å²) in [6, 6.07) is 9.80. The SMILES string of the molecule is O=C(NCc1ccccc1)NC1CCCCC1CO. The Morgan fingerprint density at radius 2 is 1.95 bits per heavy atom. The van der Waals surface area contributed by atoms with E-state index in [9.17, 15) is 9.90 Å². The number of benzene rings is 1. The standard InChI is InChI=1S/C15H22N2O2/c18-11-13-8-4-5-9-14(13)17-15(19)16-10-12-6-2-1-3-7-12/h1-3,6-7,13-14,18H,4-5,8-11H2,(H2,16,17,19). The fourth-order valence-corrected chi connectivity index (χ4v) is 2.61. The quantitative estimate of drug-likeness (QED) is 0.777. The molecule has 2 atom stereocenters. The van der Waals surface area contributed by atoms with E-state index in [-0.39, 0.29) is 24.6 Å². The first-order valence-corrected chi connectivity index (χ1v) is 6.98. The van der Waals surface area contributed by atoms with Crippen molar-refractivity contribution in [3.05, 3.63) is 35.9 Å². The molecule has 1 fully saturated rings. The van der Waals surface area contributed by atoms with Crippen molar-refractivity contribution in [2.24, 2.45) is 5.92 Å². The molecule has 1 saturated carbocycles. The summed E-state index contributed by atoms with van der Waals surface area (Å²) >= 11 is 0. The predicted molar refractivity (Wildman–Crippen MR) is 74.6 cm³/mol. The van der Waals surface area contributed by atoms with Crippen LogP contribution in [0.3, 0.4) is 0 Å². The van der Waals surface area contributed by atoms with Gasteiger partial charge >= 0.3 is 6.03 Å². The number of aliphatic hydroxyl groups excluding tert-OH is 1. The molecule has 1 aromatic rings. The van der Waals surface area contributed by atoms with Gasteiger partial charge in [-0.25, -0.2) is 4.79 Å². The van der Waals surface area contributed by atoms with Gasteiger partial charge in [0, 0.05) is 25.1 Å². The first kappa shape index (κ1) is 13.9. The molecule has 1 aliphatic carbocycles. The van der Waals surface area contributed by atoms with Crippen molar-refractivity contribution in [1.82, 2.24) is 10.6 Å². The average molecular weight is 262 g/mol. The van der Waals surface area contributed by atoms with Crippen LogP contribution in [-0.2, 0) is 6.54 Å². The van der Waals surface area contributed by atoms with Crippen LogP contribution in [0.5, 0.6) is 0 Å². The lowest BCUT2D eigenvalue weighted by atomic mass is 9.85. The summed E-state index contributed by atoms with van der Waals surface area (Å²) in [5.74, 6) is 0.205. The molecule has 1 aromatic carbocycles. The second-order valence-electron chi connectivity index (χ2n) is 5.15. The molecule has 1 aliphatic rings. The Morgan fingerprint density at radius 3 is 2.68 bits per heavy atom. The third kappa shape index (κ3) is 4.24. The Labute approximate surface area is 114 Å². The van der Waals surface area contributed by atoms with E-state index in [0.29, 0.717) is 6.54 Å². The minimum Gasteiger partial charge on any atom is -0.396 e. The van der Waals surface area contributed by atoms with Crippen LogP contribution >= 0.6 is 0 Å². The van der Waals surface area contributed by atoms with E-state index >= 15 is 0 Å². The van der Waals surface area contributed by atoms with Gasteiger partial charge in [0.1, 0.15) is 0 Å². The molecule has 0 heterocycles. The van der Waals surface area contributed by atoms with Gasteiger partial charge in [0.15, 0.2) is 0 Å². The van der Waals surface area contributed by atoms with Crippen molar-refractivity contribution in [3.8, 4) is 0 Å². The Balaban J connectivity index is 1.77. The van der Waals surface area contributed by atoms with Gasteiger partial charge in [-0.3, -0.25) is 0 Å². The Kier molecular flexibility index (Phi) is 5.21. The van der Waals surface area contributed by atoms with Crippen LogP contribution in [0.1, 0.15) is 31.2 Å². The first-order chi connectivity index (χ1) is 9.29. The van der Waals surface area contributed by atoms with Crippen molar-refractivity contribution >= 4 is 6.03 Å². The fraction of sp³-hybridized carbons (Fsp3) is 0.533. The molecule has 2 unspecified atom stereocenters. The number of urea groups is 1. The second-order valence-corrected chi connectivity index (χ2v) is 5.15. The molecular formula is C15H22N2O2. The van der Waals surface area contributed by atoms with E-state index in [2.05, 4.69) is 10.6 Å². The van der Waals surface area contributed by atoms with E-state index in [1.54, 1.807) is 0 Å². The molecule has 19 heavy (non-hydrogen) atoms. The number of nitrogens with one attached hydrogen (secondary N) is 2. The van der Waals surface area contributed by atoms with Crippen LogP contribution in [0.2, 0.25) is 0 Å². The number of hydrogen-bond donors (Lipinski definition) is 3. The number of amides is 2. The molecule has 104 valence electrons. The summed E-state index contributed by atoms with van der Waals surface area (Å²) in [6.45, 7) is 0.687. The van der Waals surface area contributed by atoms with Crippen LogP contribution in [0.25, 0.3) is 0 Å². The monoisotopic (exact) mass is 262 g/mol. The molecule has 2 rings (SSSR count). The third-order valence-electron chi connectivity index (χ3n) is 3.76. The summed E-state index contributed by atoms with van der Waals surface area (Å²) < 4.78 is 0. The number of rotatable bonds is 4. The normalized spacial score (nSPS) is 22.8. The lowest BCUT2D eigenvalue weighted by Crippen LogP contribution is -2.47. The zero-order valence-electron chi connectivity index (χ0n) is 11.1. The van der Waals surface area contributed by atoms with Crippen LogP contribution in [-0.4, -0.2) is 23.8 Å². The van der Waals surface area contributed by atoms with Crippen molar-refractivity contribution < 1.29 is 9.90 Å². The lowest BCUT2D eigenvalue weighted by Gasteiger charge is -2.30. The second kappa shape index (κ2) is 7.14. The molecule has 0 saturated heterocycles. The minimum absolute atomic E-state index is 0.106. The molecule has 3 N–H and O–H groups in total. The smallest absolute Gasteiger partial charge is 0.315 e. The Morgan fingerprint density at radius 1 is 1.21 bits per heavy atom. The summed E-state index contributed by atoms with van der Waals surface area (Å²) in [6.07, 6.45) is 4.24. The topological polar surface area (TPSA) is 61.4 Å². The zero-order chi connectivity index (χ0) is 13.5. The highest BCUT2D eigenvalue weighted by molar-refractivity contribution is 5.74. The molecule has 2 amide bonds. The molecule has 0 radical (unpaired) electrons. The Hall–Kier alpha value is -1.55. The number of hydrogen-bond acceptors (Lipinski definition) is 2. The summed E-state index contributed by atoms with van der Waals surface area (Å²) in [4.78, 5) is 11.8. The minimum atomic E-state index is -0.144. The molecule has 4 nitrogen and oxygen atoms in total.